The highest BCUT2D eigenvalue weighted by molar-refractivity contribution is 7.71. The summed E-state index contributed by atoms with van der Waals surface area (Å²) in [6.07, 6.45) is -6.77. The van der Waals surface area contributed by atoms with E-state index in [1.54, 1.807) is 44.4 Å². The van der Waals surface area contributed by atoms with Gasteiger partial charge in [0.05, 0.1) is 19.3 Å². The van der Waals surface area contributed by atoms with Gasteiger partial charge in [0.2, 0.25) is 0 Å². The third kappa shape index (κ3) is 3.79. The monoisotopic (exact) mass is 418 g/mol. The summed E-state index contributed by atoms with van der Waals surface area (Å²) in [7, 11) is 1.56. The first-order valence-electron chi connectivity index (χ1n) is 8.95. The van der Waals surface area contributed by atoms with Crippen LogP contribution in [0.2, 0.25) is 0 Å². The number of nitriles is 1. The molecule has 0 radical (unpaired) electrons. The van der Waals surface area contributed by atoms with Gasteiger partial charge in [0.15, 0.2) is 6.23 Å². The number of hydrogen-bond acceptors (Lipinski definition) is 8. The van der Waals surface area contributed by atoms with E-state index < -0.39 is 37.3 Å². The van der Waals surface area contributed by atoms with Gasteiger partial charge in [-0.25, -0.2) is 0 Å². The molecule has 4 N–H and O–H groups in total. The predicted octanol–water partition coefficient (Wildman–Crippen LogP) is 1.05. The Bertz CT molecular complexity index is 982. The number of pyridine rings is 1. The Kier molecular flexibility index (Phi) is 6.33. The van der Waals surface area contributed by atoms with E-state index in [1.165, 1.54) is 4.57 Å². The lowest BCUT2D eigenvalue weighted by molar-refractivity contribution is -0.252. The van der Waals surface area contributed by atoms with Crippen LogP contribution < -0.4 is 4.74 Å². The molecule has 1 fully saturated rings. The molecule has 2 heterocycles. The summed E-state index contributed by atoms with van der Waals surface area (Å²) < 4.78 is 12.3. The zero-order valence-corrected chi connectivity index (χ0v) is 16.7. The Morgan fingerprint density at radius 2 is 1.83 bits per heavy atom. The molecule has 1 aliphatic heterocycles. The number of aromatic nitrogens is 1. The molecule has 1 aromatic heterocycles. The fraction of sp³-hybridized carbons (Fsp3) is 0.400. The van der Waals surface area contributed by atoms with Gasteiger partial charge in [0.25, 0.3) is 0 Å². The summed E-state index contributed by atoms with van der Waals surface area (Å²) >= 11 is 5.51. The number of benzene rings is 1. The lowest BCUT2D eigenvalue weighted by atomic mass is 9.97. The number of aryl methyl sites for hydroxylation is 1. The first kappa shape index (κ1) is 21.4. The Labute approximate surface area is 172 Å². The minimum absolute atomic E-state index is 0.114. The van der Waals surface area contributed by atoms with Crippen molar-refractivity contribution in [1.29, 1.82) is 5.26 Å². The van der Waals surface area contributed by atoms with Gasteiger partial charge in [-0.1, -0.05) is 24.4 Å². The predicted molar refractivity (Wildman–Crippen MR) is 106 cm³/mol. The van der Waals surface area contributed by atoms with E-state index in [4.69, 9.17) is 21.7 Å². The molecule has 9 heteroatoms. The Hall–Kier alpha value is -2.32. The number of rotatable bonds is 4. The van der Waals surface area contributed by atoms with Crippen molar-refractivity contribution in [2.24, 2.45) is 0 Å². The molecular formula is C20H22N2O6S. The van der Waals surface area contributed by atoms with Gasteiger partial charge < -0.3 is 34.5 Å². The average molecular weight is 418 g/mol. The first-order chi connectivity index (χ1) is 13.8. The number of aliphatic hydroxyl groups is 4. The lowest BCUT2D eigenvalue weighted by Crippen LogP contribution is -2.56. The van der Waals surface area contributed by atoms with E-state index >= 15 is 0 Å². The number of hydrogen-bond donors (Lipinski definition) is 4. The highest BCUT2D eigenvalue weighted by atomic mass is 32.1. The molecule has 29 heavy (non-hydrogen) atoms. The SMILES string of the molecule is COc1ccc(-c2cc(C)n([C@H]3O[C@@H](CO)[C@@H](O)[C@@H](O)[C@H]3O)c(=S)c2C#N)cc1. The van der Waals surface area contributed by atoms with Crippen molar-refractivity contribution in [2.45, 2.75) is 37.6 Å². The first-order valence-corrected chi connectivity index (χ1v) is 9.36. The quantitative estimate of drug-likeness (QED) is 0.543. The van der Waals surface area contributed by atoms with Crippen LogP contribution >= 0.6 is 12.2 Å². The summed E-state index contributed by atoms with van der Waals surface area (Å²) in [5.74, 6) is 0.676. The van der Waals surface area contributed by atoms with Crippen LogP contribution in [0.3, 0.4) is 0 Å². The van der Waals surface area contributed by atoms with Gasteiger partial charge in [-0.2, -0.15) is 5.26 Å². The molecule has 0 bridgehead atoms. The standard InChI is InChI=1S/C20H22N2O6S/c1-10-7-13(11-3-5-12(27-2)6-4-11)14(8-21)20(29)22(10)19-18(26)17(25)16(24)15(9-23)28-19/h3-7,15-19,23-26H,9H2,1-2H3/t15-,16+,17+,18+,19-/m0/s1. The van der Waals surface area contributed by atoms with Crippen LogP contribution in [-0.4, -0.2) is 63.1 Å². The zero-order chi connectivity index (χ0) is 21.3. The summed E-state index contributed by atoms with van der Waals surface area (Å²) in [6, 6.07) is 11.0. The largest absolute Gasteiger partial charge is 0.497 e. The smallest absolute Gasteiger partial charge is 0.164 e. The second-order valence-electron chi connectivity index (χ2n) is 6.81. The van der Waals surface area contributed by atoms with Crippen molar-refractivity contribution in [1.82, 2.24) is 4.57 Å². The molecule has 154 valence electrons. The molecule has 0 amide bonds. The molecule has 5 atom stereocenters. The van der Waals surface area contributed by atoms with Crippen LogP contribution in [0, 0.1) is 22.9 Å². The van der Waals surface area contributed by atoms with Crippen molar-refractivity contribution in [3.05, 3.63) is 46.2 Å². The number of ether oxygens (including phenoxy) is 2. The highest BCUT2D eigenvalue weighted by Crippen LogP contribution is 2.33. The molecule has 1 aromatic carbocycles. The summed E-state index contributed by atoms with van der Waals surface area (Å²) in [6.45, 7) is 1.17. The molecule has 1 aliphatic rings. The van der Waals surface area contributed by atoms with Crippen molar-refractivity contribution in [3.8, 4) is 22.9 Å². The molecule has 0 unspecified atom stereocenters. The molecule has 1 saturated heterocycles. The van der Waals surface area contributed by atoms with Gasteiger partial charge in [-0.3, -0.25) is 0 Å². The fourth-order valence-corrected chi connectivity index (χ4v) is 3.87. The van der Waals surface area contributed by atoms with Crippen LogP contribution in [-0.2, 0) is 4.74 Å². The van der Waals surface area contributed by atoms with Gasteiger partial charge in [0, 0.05) is 11.3 Å². The molecule has 8 nitrogen and oxygen atoms in total. The van der Waals surface area contributed by atoms with Crippen LogP contribution in [0.1, 0.15) is 17.5 Å². The molecule has 0 saturated carbocycles. The van der Waals surface area contributed by atoms with Crippen molar-refractivity contribution < 1.29 is 29.9 Å². The normalized spacial score (nSPS) is 26.7. The molecule has 0 spiro atoms. The highest BCUT2D eigenvalue weighted by Gasteiger charge is 2.44. The fourth-order valence-electron chi connectivity index (χ4n) is 3.46. The zero-order valence-electron chi connectivity index (χ0n) is 15.9. The van der Waals surface area contributed by atoms with E-state index in [1.807, 2.05) is 0 Å². The minimum atomic E-state index is -1.54. The van der Waals surface area contributed by atoms with E-state index in [-0.39, 0.29) is 10.2 Å². The van der Waals surface area contributed by atoms with Crippen LogP contribution in [0.5, 0.6) is 5.75 Å². The van der Waals surface area contributed by atoms with E-state index in [9.17, 15) is 25.7 Å². The Balaban J connectivity index is 2.12. The van der Waals surface area contributed by atoms with E-state index in [0.29, 0.717) is 17.0 Å². The van der Waals surface area contributed by atoms with Gasteiger partial charge in [-0.15, -0.1) is 0 Å². The second-order valence-corrected chi connectivity index (χ2v) is 7.20. The molecule has 0 aliphatic carbocycles. The molecule has 2 aromatic rings. The second kappa shape index (κ2) is 8.59. The number of methoxy groups -OCH3 is 1. The topological polar surface area (TPSA) is 128 Å². The van der Waals surface area contributed by atoms with Crippen molar-refractivity contribution in [3.63, 3.8) is 0 Å². The third-order valence-corrected chi connectivity index (χ3v) is 5.47. The summed E-state index contributed by atoms with van der Waals surface area (Å²) in [5.41, 5.74) is 2.15. The summed E-state index contributed by atoms with van der Waals surface area (Å²) in [4.78, 5) is 0. The van der Waals surface area contributed by atoms with E-state index in [2.05, 4.69) is 6.07 Å². The molecular weight excluding hydrogens is 396 g/mol. The maximum atomic E-state index is 10.5. The Morgan fingerprint density at radius 3 is 2.38 bits per heavy atom. The maximum absolute atomic E-state index is 10.5. The lowest BCUT2D eigenvalue weighted by Gasteiger charge is -2.41. The van der Waals surface area contributed by atoms with Crippen molar-refractivity contribution in [2.75, 3.05) is 13.7 Å². The van der Waals surface area contributed by atoms with Gasteiger partial charge in [-0.05, 0) is 30.7 Å². The minimum Gasteiger partial charge on any atom is -0.497 e. The van der Waals surface area contributed by atoms with Crippen LogP contribution in [0.4, 0.5) is 0 Å². The van der Waals surface area contributed by atoms with E-state index in [0.717, 1.165) is 5.56 Å². The number of aliphatic hydroxyl groups excluding tert-OH is 4. The molecule has 3 rings (SSSR count). The Morgan fingerprint density at radius 1 is 1.17 bits per heavy atom. The third-order valence-electron chi connectivity index (χ3n) is 5.07. The van der Waals surface area contributed by atoms with Gasteiger partial charge in [0.1, 0.15) is 40.9 Å². The van der Waals surface area contributed by atoms with Gasteiger partial charge >= 0.3 is 0 Å². The van der Waals surface area contributed by atoms with Crippen LogP contribution in [0.15, 0.2) is 30.3 Å². The van der Waals surface area contributed by atoms with Crippen LogP contribution in [0.25, 0.3) is 11.1 Å². The van der Waals surface area contributed by atoms with Crippen molar-refractivity contribution >= 4 is 12.2 Å². The maximum Gasteiger partial charge on any atom is 0.164 e. The summed E-state index contributed by atoms with van der Waals surface area (Å²) in [5, 5.41) is 49.7. The number of nitrogens with zero attached hydrogens (tertiary/aromatic N) is 2. The average Bonchev–Trinajstić information content (AvgIpc) is 2.73.